The topological polar surface area (TPSA) is 49.6 Å². The van der Waals surface area contributed by atoms with Gasteiger partial charge in [0.2, 0.25) is 5.91 Å². The molecule has 2 heterocycles. The van der Waals surface area contributed by atoms with Crippen molar-refractivity contribution in [3.05, 3.63) is 0 Å². The third-order valence-corrected chi connectivity index (χ3v) is 4.27. The summed E-state index contributed by atoms with van der Waals surface area (Å²) >= 11 is 0. The molecule has 0 aromatic rings. The van der Waals surface area contributed by atoms with Gasteiger partial charge in [0.15, 0.2) is 0 Å². The zero-order valence-electron chi connectivity index (χ0n) is 11.1. The number of piperidine rings is 1. The number of hydrogen-bond donors (Lipinski definition) is 1. The standard InChI is InChI=1S/C13H25N3O/c1-10-3-6-16(12(7-10)8-14)13(17)11-4-5-15(2)9-11/h10-12H,3-9,14H2,1-2H3. The van der Waals surface area contributed by atoms with E-state index >= 15 is 0 Å². The van der Waals surface area contributed by atoms with Crippen LogP contribution in [-0.4, -0.2) is 55.0 Å². The van der Waals surface area contributed by atoms with Gasteiger partial charge in [0, 0.05) is 25.7 Å². The second-order valence-electron chi connectivity index (χ2n) is 5.80. The first-order chi connectivity index (χ1) is 8.11. The Balaban J connectivity index is 1.98. The van der Waals surface area contributed by atoms with E-state index in [0.717, 1.165) is 38.9 Å². The summed E-state index contributed by atoms with van der Waals surface area (Å²) in [6, 6.07) is 0.275. The number of nitrogens with two attached hydrogens (primary N) is 1. The lowest BCUT2D eigenvalue weighted by Crippen LogP contribution is -2.51. The van der Waals surface area contributed by atoms with E-state index in [1.807, 2.05) is 0 Å². The van der Waals surface area contributed by atoms with Gasteiger partial charge in [-0.2, -0.15) is 0 Å². The van der Waals surface area contributed by atoms with Crippen LogP contribution in [0.3, 0.4) is 0 Å². The van der Waals surface area contributed by atoms with Crippen LogP contribution in [0.2, 0.25) is 0 Å². The number of carbonyl (C=O) groups is 1. The quantitative estimate of drug-likeness (QED) is 0.764. The highest BCUT2D eigenvalue weighted by Gasteiger charge is 2.35. The van der Waals surface area contributed by atoms with Crippen molar-refractivity contribution >= 4 is 5.91 Å². The molecule has 4 heteroatoms. The second-order valence-corrected chi connectivity index (χ2v) is 5.80. The van der Waals surface area contributed by atoms with Gasteiger partial charge < -0.3 is 15.5 Å². The Hall–Kier alpha value is -0.610. The summed E-state index contributed by atoms with van der Waals surface area (Å²) in [6.45, 7) is 5.74. The summed E-state index contributed by atoms with van der Waals surface area (Å²) in [5, 5.41) is 0. The van der Waals surface area contributed by atoms with Gasteiger partial charge in [-0.25, -0.2) is 0 Å². The van der Waals surface area contributed by atoms with Crippen molar-refractivity contribution in [2.75, 3.05) is 33.2 Å². The monoisotopic (exact) mass is 239 g/mol. The maximum Gasteiger partial charge on any atom is 0.227 e. The van der Waals surface area contributed by atoms with E-state index in [2.05, 4.69) is 23.8 Å². The molecule has 2 aliphatic heterocycles. The van der Waals surface area contributed by atoms with Crippen LogP contribution >= 0.6 is 0 Å². The number of amides is 1. The van der Waals surface area contributed by atoms with Crippen LogP contribution in [0.15, 0.2) is 0 Å². The van der Waals surface area contributed by atoms with Gasteiger partial charge in [-0.05, 0) is 38.8 Å². The average molecular weight is 239 g/mol. The van der Waals surface area contributed by atoms with Crippen LogP contribution in [0.5, 0.6) is 0 Å². The number of rotatable bonds is 2. The molecule has 1 amide bonds. The lowest BCUT2D eigenvalue weighted by atomic mass is 9.91. The Morgan fingerprint density at radius 2 is 2.12 bits per heavy atom. The van der Waals surface area contributed by atoms with E-state index in [1.54, 1.807) is 0 Å². The molecule has 2 N–H and O–H groups in total. The van der Waals surface area contributed by atoms with Gasteiger partial charge in [-0.1, -0.05) is 6.92 Å². The lowest BCUT2D eigenvalue weighted by Gasteiger charge is -2.39. The normalized spacial score (nSPS) is 35.2. The first-order valence-electron chi connectivity index (χ1n) is 6.81. The van der Waals surface area contributed by atoms with Gasteiger partial charge in [0.05, 0.1) is 5.92 Å². The van der Waals surface area contributed by atoms with E-state index < -0.39 is 0 Å². The van der Waals surface area contributed by atoms with Crippen LogP contribution in [0.4, 0.5) is 0 Å². The van der Waals surface area contributed by atoms with Crippen molar-refractivity contribution in [2.45, 2.75) is 32.2 Å². The molecule has 0 bridgehead atoms. The lowest BCUT2D eigenvalue weighted by molar-refractivity contribution is -0.139. The Bertz CT molecular complexity index is 282. The van der Waals surface area contributed by atoms with E-state index in [0.29, 0.717) is 18.4 Å². The van der Waals surface area contributed by atoms with Crippen LogP contribution in [0.25, 0.3) is 0 Å². The Morgan fingerprint density at radius 1 is 1.35 bits per heavy atom. The maximum absolute atomic E-state index is 12.5. The number of carbonyl (C=O) groups excluding carboxylic acids is 1. The first-order valence-corrected chi connectivity index (χ1v) is 6.81. The van der Waals surface area contributed by atoms with E-state index in [1.165, 1.54) is 0 Å². The van der Waals surface area contributed by atoms with Crippen molar-refractivity contribution in [1.82, 2.24) is 9.80 Å². The van der Waals surface area contributed by atoms with Crippen molar-refractivity contribution in [1.29, 1.82) is 0 Å². The van der Waals surface area contributed by atoms with Crippen molar-refractivity contribution < 1.29 is 4.79 Å². The molecule has 2 fully saturated rings. The molecular formula is C13H25N3O. The molecule has 0 saturated carbocycles. The zero-order valence-corrected chi connectivity index (χ0v) is 11.1. The van der Waals surface area contributed by atoms with Crippen LogP contribution < -0.4 is 5.73 Å². The molecule has 2 rings (SSSR count). The molecule has 3 unspecified atom stereocenters. The number of likely N-dealkylation sites (tertiary alicyclic amines) is 2. The molecule has 0 aromatic carbocycles. The molecule has 3 atom stereocenters. The van der Waals surface area contributed by atoms with Crippen molar-refractivity contribution in [3.8, 4) is 0 Å². The largest absolute Gasteiger partial charge is 0.338 e. The van der Waals surface area contributed by atoms with Gasteiger partial charge in [-0.15, -0.1) is 0 Å². The molecule has 4 nitrogen and oxygen atoms in total. The molecule has 17 heavy (non-hydrogen) atoms. The number of hydrogen-bond acceptors (Lipinski definition) is 3. The summed E-state index contributed by atoms with van der Waals surface area (Å²) in [5.41, 5.74) is 5.82. The van der Waals surface area contributed by atoms with Crippen LogP contribution in [0.1, 0.15) is 26.2 Å². The van der Waals surface area contributed by atoms with E-state index in [9.17, 15) is 4.79 Å². The third-order valence-electron chi connectivity index (χ3n) is 4.27. The highest BCUT2D eigenvalue weighted by atomic mass is 16.2. The molecule has 0 spiro atoms. The molecule has 2 saturated heterocycles. The minimum absolute atomic E-state index is 0.211. The fraction of sp³-hybridized carbons (Fsp3) is 0.923. The molecule has 0 aromatic heterocycles. The maximum atomic E-state index is 12.5. The summed E-state index contributed by atoms with van der Waals surface area (Å²) in [4.78, 5) is 16.8. The van der Waals surface area contributed by atoms with E-state index in [4.69, 9.17) is 5.73 Å². The Morgan fingerprint density at radius 3 is 2.71 bits per heavy atom. The fourth-order valence-electron chi connectivity index (χ4n) is 3.14. The van der Waals surface area contributed by atoms with Crippen molar-refractivity contribution in [3.63, 3.8) is 0 Å². The summed E-state index contributed by atoms with van der Waals surface area (Å²) in [7, 11) is 2.09. The minimum Gasteiger partial charge on any atom is -0.338 e. The Kier molecular flexibility index (Phi) is 4.05. The van der Waals surface area contributed by atoms with Crippen LogP contribution in [0, 0.1) is 11.8 Å². The number of nitrogens with zero attached hydrogens (tertiary/aromatic N) is 2. The predicted octanol–water partition coefficient (Wildman–Crippen LogP) is 0.524. The molecular weight excluding hydrogens is 214 g/mol. The highest BCUT2D eigenvalue weighted by Crippen LogP contribution is 2.26. The van der Waals surface area contributed by atoms with E-state index in [-0.39, 0.29) is 12.0 Å². The van der Waals surface area contributed by atoms with Crippen molar-refractivity contribution in [2.24, 2.45) is 17.6 Å². The predicted molar refractivity (Wildman–Crippen MR) is 68.6 cm³/mol. The fourth-order valence-corrected chi connectivity index (χ4v) is 3.14. The molecule has 0 aliphatic carbocycles. The second kappa shape index (κ2) is 5.36. The minimum atomic E-state index is 0.211. The summed E-state index contributed by atoms with van der Waals surface area (Å²) in [5.74, 6) is 1.26. The van der Waals surface area contributed by atoms with Gasteiger partial charge in [0.25, 0.3) is 0 Å². The smallest absolute Gasteiger partial charge is 0.227 e. The summed E-state index contributed by atoms with van der Waals surface area (Å²) < 4.78 is 0. The van der Waals surface area contributed by atoms with Gasteiger partial charge in [0.1, 0.15) is 0 Å². The highest BCUT2D eigenvalue weighted by molar-refractivity contribution is 5.79. The third kappa shape index (κ3) is 2.80. The average Bonchev–Trinajstić information content (AvgIpc) is 2.75. The summed E-state index contributed by atoms with van der Waals surface area (Å²) in [6.07, 6.45) is 3.22. The first kappa shape index (κ1) is 12.8. The zero-order chi connectivity index (χ0) is 12.4. The van der Waals surface area contributed by atoms with Crippen LogP contribution in [-0.2, 0) is 4.79 Å². The van der Waals surface area contributed by atoms with Gasteiger partial charge >= 0.3 is 0 Å². The molecule has 98 valence electrons. The SMILES string of the molecule is CC1CCN(C(=O)C2CCN(C)C2)C(CN)C1. The molecule has 0 radical (unpaired) electrons. The van der Waals surface area contributed by atoms with Gasteiger partial charge in [-0.3, -0.25) is 4.79 Å². The Labute approximate surface area is 104 Å². The molecule has 2 aliphatic rings.